The van der Waals surface area contributed by atoms with Crippen molar-refractivity contribution < 1.29 is 13.2 Å². The van der Waals surface area contributed by atoms with Crippen LogP contribution in [0.4, 0.5) is 0 Å². The maximum atomic E-state index is 12.4. The fourth-order valence-corrected chi connectivity index (χ4v) is 4.50. The molecule has 140 valence electrons. The molecule has 0 radical (unpaired) electrons. The highest BCUT2D eigenvalue weighted by atomic mass is 32.2. The number of sulfonamides is 1. The van der Waals surface area contributed by atoms with Gasteiger partial charge in [-0.2, -0.15) is 4.31 Å². The summed E-state index contributed by atoms with van der Waals surface area (Å²) in [5, 5.41) is 2.85. The molecule has 2 rings (SSSR count). The minimum Gasteiger partial charge on any atom is -0.352 e. The zero-order chi connectivity index (χ0) is 18.6. The summed E-state index contributed by atoms with van der Waals surface area (Å²) < 4.78 is 25.3. The second kappa shape index (κ2) is 8.14. The number of aromatic amines is 1. The van der Waals surface area contributed by atoms with Crippen LogP contribution in [0.3, 0.4) is 0 Å². The first-order valence-electron chi connectivity index (χ1n) is 8.68. The van der Waals surface area contributed by atoms with Gasteiger partial charge in [-0.15, -0.1) is 0 Å². The van der Waals surface area contributed by atoms with Crippen LogP contribution < -0.4 is 10.9 Å². The van der Waals surface area contributed by atoms with Gasteiger partial charge < -0.3 is 10.3 Å². The number of carbonyl (C=O) groups is 1. The lowest BCUT2D eigenvalue weighted by Crippen LogP contribution is -2.44. The zero-order valence-corrected chi connectivity index (χ0v) is 15.9. The molecule has 1 unspecified atom stereocenters. The number of hydrogen-bond donors (Lipinski definition) is 2. The van der Waals surface area contributed by atoms with Gasteiger partial charge in [0.05, 0.1) is 11.8 Å². The number of amides is 1. The van der Waals surface area contributed by atoms with E-state index in [0.717, 1.165) is 19.3 Å². The van der Waals surface area contributed by atoms with E-state index in [1.807, 2.05) is 13.8 Å². The summed E-state index contributed by atoms with van der Waals surface area (Å²) in [5.41, 5.74) is 0.838. The van der Waals surface area contributed by atoms with Crippen LogP contribution in [0.25, 0.3) is 0 Å². The van der Waals surface area contributed by atoms with Crippen molar-refractivity contribution in [3.63, 3.8) is 0 Å². The van der Waals surface area contributed by atoms with E-state index in [9.17, 15) is 18.0 Å². The fourth-order valence-electron chi connectivity index (χ4n) is 3.29. The second-order valence-corrected chi connectivity index (χ2v) is 8.81. The van der Waals surface area contributed by atoms with E-state index in [2.05, 4.69) is 10.3 Å². The van der Waals surface area contributed by atoms with Crippen molar-refractivity contribution in [2.45, 2.75) is 51.5 Å². The molecule has 25 heavy (non-hydrogen) atoms. The lowest BCUT2D eigenvalue weighted by Gasteiger charge is -2.33. The van der Waals surface area contributed by atoms with Crippen molar-refractivity contribution in [1.82, 2.24) is 14.6 Å². The van der Waals surface area contributed by atoms with Crippen LogP contribution >= 0.6 is 0 Å². The summed E-state index contributed by atoms with van der Waals surface area (Å²) in [6.07, 6.45) is 4.52. The third kappa shape index (κ3) is 5.15. The largest absolute Gasteiger partial charge is 0.352 e. The Balaban J connectivity index is 2.00. The third-order valence-electron chi connectivity index (χ3n) is 4.53. The molecule has 1 aliphatic rings. The standard InChI is InChI=1S/C17H27N3O4S/c1-12(2)16-14(7-8-15(21)19-16)17(22)18-10-9-13-6-4-5-11-20(13)25(3,23)24/h7-8,12-13H,4-6,9-11H2,1-3H3,(H,18,22)(H,19,21). The van der Waals surface area contributed by atoms with Crippen molar-refractivity contribution in [3.05, 3.63) is 33.7 Å². The monoisotopic (exact) mass is 369 g/mol. The van der Waals surface area contributed by atoms with E-state index in [1.165, 1.54) is 18.4 Å². The number of H-pyrrole nitrogens is 1. The Hall–Kier alpha value is -1.67. The molecule has 0 spiro atoms. The Morgan fingerprint density at radius 3 is 2.72 bits per heavy atom. The second-order valence-electron chi connectivity index (χ2n) is 6.87. The quantitative estimate of drug-likeness (QED) is 0.792. The summed E-state index contributed by atoms with van der Waals surface area (Å²) in [4.78, 5) is 26.6. The lowest BCUT2D eigenvalue weighted by atomic mass is 10.0. The van der Waals surface area contributed by atoms with E-state index in [0.29, 0.717) is 30.8 Å². The van der Waals surface area contributed by atoms with Crippen molar-refractivity contribution in [2.75, 3.05) is 19.3 Å². The van der Waals surface area contributed by atoms with E-state index in [-0.39, 0.29) is 23.4 Å². The van der Waals surface area contributed by atoms with Crippen LogP contribution in [-0.4, -0.2) is 49.0 Å². The maximum Gasteiger partial charge on any atom is 0.253 e. The third-order valence-corrected chi connectivity index (χ3v) is 5.87. The summed E-state index contributed by atoms with van der Waals surface area (Å²) in [5.74, 6) is -0.226. The fraction of sp³-hybridized carbons (Fsp3) is 0.647. The van der Waals surface area contributed by atoms with Gasteiger partial charge in [-0.05, 0) is 31.2 Å². The minimum absolute atomic E-state index is 0.0220. The molecular formula is C17H27N3O4S. The molecule has 0 aromatic carbocycles. The Bertz CT molecular complexity index is 770. The Morgan fingerprint density at radius 2 is 2.08 bits per heavy atom. The van der Waals surface area contributed by atoms with Gasteiger partial charge >= 0.3 is 0 Å². The summed E-state index contributed by atoms with van der Waals surface area (Å²) >= 11 is 0. The van der Waals surface area contributed by atoms with Crippen molar-refractivity contribution in [2.24, 2.45) is 0 Å². The van der Waals surface area contributed by atoms with Gasteiger partial charge in [-0.25, -0.2) is 8.42 Å². The van der Waals surface area contributed by atoms with Gasteiger partial charge in [-0.3, -0.25) is 9.59 Å². The van der Waals surface area contributed by atoms with Crippen LogP contribution in [0, 0.1) is 0 Å². The Labute approximate surface area is 148 Å². The highest BCUT2D eigenvalue weighted by molar-refractivity contribution is 7.88. The van der Waals surface area contributed by atoms with Crippen molar-refractivity contribution in [1.29, 1.82) is 0 Å². The zero-order valence-electron chi connectivity index (χ0n) is 15.0. The molecule has 1 saturated heterocycles. The molecule has 1 aromatic heterocycles. The van der Waals surface area contributed by atoms with Gasteiger partial charge in [0, 0.05) is 30.9 Å². The number of aromatic nitrogens is 1. The molecule has 0 aliphatic carbocycles. The van der Waals surface area contributed by atoms with E-state index in [4.69, 9.17) is 0 Å². The maximum absolute atomic E-state index is 12.4. The number of pyridine rings is 1. The molecule has 2 N–H and O–H groups in total. The smallest absolute Gasteiger partial charge is 0.253 e. The van der Waals surface area contributed by atoms with Crippen LogP contribution in [0.5, 0.6) is 0 Å². The van der Waals surface area contributed by atoms with Gasteiger partial charge in [0.2, 0.25) is 15.6 Å². The van der Waals surface area contributed by atoms with Crippen LogP contribution in [-0.2, 0) is 10.0 Å². The van der Waals surface area contributed by atoms with Crippen LogP contribution in [0.1, 0.15) is 61.5 Å². The molecule has 0 saturated carbocycles. The first-order chi connectivity index (χ1) is 11.7. The van der Waals surface area contributed by atoms with E-state index in [1.54, 1.807) is 4.31 Å². The van der Waals surface area contributed by atoms with Crippen LogP contribution in [0.15, 0.2) is 16.9 Å². The van der Waals surface area contributed by atoms with Gasteiger partial charge in [0.25, 0.3) is 5.91 Å². The molecule has 2 heterocycles. The topological polar surface area (TPSA) is 99.3 Å². The molecule has 7 nitrogen and oxygen atoms in total. The van der Waals surface area contributed by atoms with Crippen molar-refractivity contribution in [3.8, 4) is 0 Å². The minimum atomic E-state index is -3.22. The number of hydrogen-bond acceptors (Lipinski definition) is 4. The molecule has 1 aromatic rings. The molecular weight excluding hydrogens is 342 g/mol. The summed E-state index contributed by atoms with van der Waals surface area (Å²) in [7, 11) is -3.22. The predicted octanol–water partition coefficient (Wildman–Crippen LogP) is 1.43. The first-order valence-corrected chi connectivity index (χ1v) is 10.5. The molecule has 0 bridgehead atoms. The highest BCUT2D eigenvalue weighted by Crippen LogP contribution is 2.22. The number of carbonyl (C=O) groups excluding carboxylic acids is 1. The molecule has 8 heteroatoms. The van der Waals surface area contributed by atoms with E-state index < -0.39 is 10.0 Å². The van der Waals surface area contributed by atoms with Crippen molar-refractivity contribution >= 4 is 15.9 Å². The Morgan fingerprint density at radius 1 is 1.36 bits per heavy atom. The summed E-state index contributed by atoms with van der Waals surface area (Å²) in [6.45, 7) is 4.77. The molecule has 1 aliphatic heterocycles. The molecule has 1 fully saturated rings. The van der Waals surface area contributed by atoms with E-state index >= 15 is 0 Å². The Kier molecular flexibility index (Phi) is 6.40. The average molecular weight is 369 g/mol. The molecule has 1 atom stereocenters. The lowest BCUT2D eigenvalue weighted by molar-refractivity contribution is 0.0947. The van der Waals surface area contributed by atoms with Gasteiger partial charge in [0.15, 0.2) is 0 Å². The average Bonchev–Trinajstić information content (AvgIpc) is 2.54. The van der Waals surface area contributed by atoms with Gasteiger partial charge in [-0.1, -0.05) is 20.3 Å². The number of nitrogens with zero attached hydrogens (tertiary/aromatic N) is 1. The number of nitrogens with one attached hydrogen (secondary N) is 2. The first kappa shape index (κ1) is 19.7. The predicted molar refractivity (Wildman–Crippen MR) is 97.3 cm³/mol. The van der Waals surface area contributed by atoms with Gasteiger partial charge in [0.1, 0.15) is 0 Å². The SMILES string of the molecule is CC(C)c1[nH]c(=O)ccc1C(=O)NCCC1CCCCN1S(C)(=O)=O. The highest BCUT2D eigenvalue weighted by Gasteiger charge is 2.29. The number of piperidine rings is 1. The number of rotatable bonds is 6. The molecule has 1 amide bonds. The summed E-state index contributed by atoms with van der Waals surface area (Å²) in [6, 6.07) is 2.81. The van der Waals surface area contributed by atoms with Crippen LogP contribution in [0.2, 0.25) is 0 Å². The normalized spacial score (nSPS) is 19.1.